The SMILES string of the molecule is CC1(C)c2ccccc2-c2cc3c4ccccc4n(-c4c(C#N)c(C#N)c(-n5c6ccccc6c6cc7c(cc65)C(C)(C)c5ccccc5-7)c(-n5c6ccccc6c6ccccc65)c4-n4c5ccccc5c5ccccc54)c3cc21. The monoisotopic (exact) mass is 1020 g/mol. The molecule has 2 aliphatic carbocycles. The normalized spacial score (nSPS) is 13.9. The highest BCUT2D eigenvalue weighted by molar-refractivity contribution is 6.17. The van der Waals surface area contributed by atoms with Gasteiger partial charge in [0.2, 0.25) is 0 Å². The van der Waals surface area contributed by atoms with Gasteiger partial charge in [0.1, 0.15) is 12.1 Å². The highest BCUT2D eigenvalue weighted by Gasteiger charge is 2.40. The molecule has 15 aromatic rings. The molecule has 80 heavy (non-hydrogen) atoms. The number of nitriles is 2. The van der Waals surface area contributed by atoms with Crippen molar-refractivity contribution < 1.29 is 0 Å². The summed E-state index contributed by atoms with van der Waals surface area (Å²) in [6.45, 7) is 9.30. The molecule has 6 heteroatoms. The van der Waals surface area contributed by atoms with Gasteiger partial charge in [0.15, 0.2) is 0 Å². The van der Waals surface area contributed by atoms with Gasteiger partial charge in [-0.1, -0.05) is 185 Å². The number of benzene rings is 11. The Morgan fingerprint density at radius 3 is 0.838 bits per heavy atom. The molecule has 17 rings (SSSR count). The highest BCUT2D eigenvalue weighted by Crippen LogP contribution is 2.55. The van der Waals surface area contributed by atoms with Gasteiger partial charge in [-0.25, -0.2) is 0 Å². The predicted octanol–water partition coefficient (Wildman–Crippen LogP) is 18.4. The van der Waals surface area contributed by atoms with Gasteiger partial charge in [0, 0.05) is 53.9 Å². The average Bonchev–Trinajstić information content (AvgIpc) is 4.07. The first-order valence-corrected chi connectivity index (χ1v) is 27.6. The molecule has 0 radical (unpaired) electrons. The molecule has 11 aromatic carbocycles. The van der Waals surface area contributed by atoms with Gasteiger partial charge < -0.3 is 18.3 Å². The molecular formula is C74H48N6. The Bertz CT molecular complexity index is 4960. The molecular weight excluding hydrogens is 973 g/mol. The third-order valence-electron chi connectivity index (χ3n) is 18.4. The van der Waals surface area contributed by atoms with E-state index < -0.39 is 0 Å². The van der Waals surface area contributed by atoms with Gasteiger partial charge in [-0.15, -0.1) is 0 Å². The second kappa shape index (κ2) is 15.6. The molecule has 0 saturated carbocycles. The zero-order chi connectivity index (χ0) is 53.5. The van der Waals surface area contributed by atoms with Crippen molar-refractivity contribution in [2.75, 3.05) is 0 Å². The van der Waals surface area contributed by atoms with Gasteiger partial charge in [-0.2, -0.15) is 10.5 Å². The third-order valence-corrected chi connectivity index (χ3v) is 18.4. The first-order chi connectivity index (χ1) is 39.2. The van der Waals surface area contributed by atoms with Crippen LogP contribution in [-0.2, 0) is 10.8 Å². The minimum absolute atomic E-state index is 0.286. The van der Waals surface area contributed by atoms with Crippen molar-refractivity contribution in [2.24, 2.45) is 0 Å². The van der Waals surface area contributed by atoms with Gasteiger partial charge in [0.05, 0.1) is 78.0 Å². The van der Waals surface area contributed by atoms with E-state index >= 15 is 0 Å². The smallest absolute Gasteiger partial charge is 0.103 e. The van der Waals surface area contributed by atoms with Gasteiger partial charge in [-0.05, 0) is 105 Å². The van der Waals surface area contributed by atoms with Crippen LogP contribution in [0.25, 0.3) is 132 Å². The minimum atomic E-state index is -0.322. The largest absolute Gasteiger partial charge is 0.306 e. The molecule has 0 unspecified atom stereocenters. The maximum Gasteiger partial charge on any atom is 0.103 e. The van der Waals surface area contributed by atoms with Crippen molar-refractivity contribution in [2.45, 2.75) is 38.5 Å². The summed E-state index contributed by atoms with van der Waals surface area (Å²) in [4.78, 5) is 0. The Balaban J connectivity index is 1.16. The van der Waals surface area contributed by atoms with Crippen LogP contribution in [-0.4, -0.2) is 18.3 Å². The lowest BCUT2D eigenvalue weighted by molar-refractivity contribution is 0.661. The zero-order valence-corrected chi connectivity index (χ0v) is 44.5. The lowest BCUT2D eigenvalue weighted by Gasteiger charge is -2.28. The fourth-order valence-electron chi connectivity index (χ4n) is 14.9. The van der Waals surface area contributed by atoms with Gasteiger partial charge >= 0.3 is 0 Å². The van der Waals surface area contributed by atoms with Crippen LogP contribution in [0.4, 0.5) is 0 Å². The van der Waals surface area contributed by atoms with E-state index in [-0.39, 0.29) is 22.0 Å². The van der Waals surface area contributed by atoms with Crippen LogP contribution in [0.3, 0.4) is 0 Å². The Kier molecular flexibility index (Phi) is 8.74. The Hall–Kier alpha value is -10.4. The molecule has 0 spiro atoms. The quantitative estimate of drug-likeness (QED) is 0.176. The van der Waals surface area contributed by atoms with E-state index in [0.29, 0.717) is 11.4 Å². The molecule has 0 aliphatic heterocycles. The third kappa shape index (κ3) is 5.49. The second-order valence-corrected chi connectivity index (χ2v) is 23.0. The predicted molar refractivity (Wildman–Crippen MR) is 328 cm³/mol. The zero-order valence-electron chi connectivity index (χ0n) is 44.5. The maximum atomic E-state index is 12.5. The molecule has 0 N–H and O–H groups in total. The molecule has 4 heterocycles. The van der Waals surface area contributed by atoms with Crippen LogP contribution in [0.1, 0.15) is 61.1 Å². The van der Waals surface area contributed by atoms with Crippen molar-refractivity contribution >= 4 is 87.2 Å². The van der Waals surface area contributed by atoms with E-state index in [1.807, 2.05) is 0 Å². The maximum absolute atomic E-state index is 12.5. The number of nitrogens with zero attached hydrogens (tertiary/aromatic N) is 6. The Morgan fingerprint density at radius 1 is 0.263 bits per heavy atom. The summed E-state index contributed by atoms with van der Waals surface area (Å²) >= 11 is 0. The molecule has 0 atom stereocenters. The van der Waals surface area contributed by atoms with Crippen LogP contribution in [0.5, 0.6) is 0 Å². The summed E-state index contributed by atoms with van der Waals surface area (Å²) in [5, 5.41) is 33.7. The topological polar surface area (TPSA) is 67.3 Å². The van der Waals surface area contributed by atoms with Crippen LogP contribution in [0, 0.1) is 22.7 Å². The number of hydrogen-bond acceptors (Lipinski definition) is 2. The molecule has 0 fully saturated rings. The first-order valence-electron chi connectivity index (χ1n) is 27.6. The van der Waals surface area contributed by atoms with Crippen molar-refractivity contribution in [3.8, 4) is 57.1 Å². The van der Waals surface area contributed by atoms with Crippen LogP contribution in [0.15, 0.2) is 218 Å². The standard InChI is InChI=1S/C74H48N6/c1-73(2)57-29-13-5-21-43(57)51-37-53-49-27-11-19-35-65(49)79(67(53)39-59(51)73)69-55(41-75)56(42-76)70(80-66-36-20-12-28-50(66)54-38-52-44-22-6-14-30-58(44)74(3,4)60(52)40-68(54)80)72(78-63-33-17-9-25-47(63)48-26-10-18-34-64(48)78)71(69)77-61-31-15-7-23-45(61)46-24-8-16-32-62(46)77/h5-40H,1-4H3. The van der Waals surface area contributed by atoms with E-state index in [1.165, 1.54) is 44.5 Å². The van der Waals surface area contributed by atoms with E-state index in [2.05, 4.69) is 276 Å². The summed E-state index contributed by atoms with van der Waals surface area (Å²) < 4.78 is 9.48. The van der Waals surface area contributed by atoms with Crippen LogP contribution >= 0.6 is 0 Å². The number of aromatic nitrogens is 4. The number of rotatable bonds is 4. The lowest BCUT2D eigenvalue weighted by Crippen LogP contribution is -2.18. The van der Waals surface area contributed by atoms with E-state index in [4.69, 9.17) is 0 Å². The lowest BCUT2D eigenvalue weighted by atomic mass is 9.82. The van der Waals surface area contributed by atoms with Crippen molar-refractivity contribution in [3.05, 3.63) is 252 Å². The minimum Gasteiger partial charge on any atom is -0.306 e. The highest BCUT2D eigenvalue weighted by atomic mass is 15.1. The van der Waals surface area contributed by atoms with E-state index in [9.17, 15) is 10.5 Å². The first kappa shape index (κ1) is 44.7. The van der Waals surface area contributed by atoms with E-state index in [0.717, 1.165) is 98.6 Å². The number of para-hydroxylation sites is 6. The number of hydrogen-bond donors (Lipinski definition) is 0. The molecule has 6 nitrogen and oxygen atoms in total. The van der Waals surface area contributed by atoms with Crippen LogP contribution in [0.2, 0.25) is 0 Å². The van der Waals surface area contributed by atoms with Crippen molar-refractivity contribution in [1.82, 2.24) is 18.3 Å². The Morgan fingerprint density at radius 2 is 0.525 bits per heavy atom. The molecule has 0 amide bonds. The molecule has 0 bridgehead atoms. The number of fused-ring (bicyclic) bond motifs is 18. The summed E-state index contributed by atoms with van der Waals surface area (Å²) in [5.74, 6) is 0. The fourth-order valence-corrected chi connectivity index (χ4v) is 14.9. The fraction of sp³-hybridized carbons (Fsp3) is 0.0811. The average molecular weight is 1020 g/mol. The van der Waals surface area contributed by atoms with Crippen molar-refractivity contribution in [1.29, 1.82) is 10.5 Å². The molecule has 374 valence electrons. The van der Waals surface area contributed by atoms with Gasteiger partial charge in [-0.3, -0.25) is 0 Å². The van der Waals surface area contributed by atoms with Gasteiger partial charge in [0.25, 0.3) is 0 Å². The van der Waals surface area contributed by atoms with Crippen LogP contribution < -0.4 is 0 Å². The second-order valence-electron chi connectivity index (χ2n) is 23.0. The van der Waals surface area contributed by atoms with Crippen molar-refractivity contribution in [3.63, 3.8) is 0 Å². The van der Waals surface area contributed by atoms with E-state index in [1.54, 1.807) is 0 Å². The molecule has 0 saturated heterocycles. The molecule has 2 aliphatic rings. The summed E-state index contributed by atoms with van der Waals surface area (Å²) in [7, 11) is 0. The Labute approximate surface area is 461 Å². The summed E-state index contributed by atoms with van der Waals surface area (Å²) in [6, 6.07) is 84.6. The summed E-state index contributed by atoms with van der Waals surface area (Å²) in [5.41, 5.74) is 20.4. The molecule has 4 aromatic heterocycles. The summed E-state index contributed by atoms with van der Waals surface area (Å²) in [6.07, 6.45) is 0.